The van der Waals surface area contributed by atoms with E-state index in [1.807, 2.05) is 24.3 Å². The summed E-state index contributed by atoms with van der Waals surface area (Å²) in [5.74, 6) is 0. The second-order valence-electron chi connectivity index (χ2n) is 4.49. The Bertz CT molecular complexity index is 1090. The number of nitrogens with zero attached hydrogens (tertiary/aromatic N) is 2. The van der Waals surface area contributed by atoms with Gasteiger partial charge in [0.1, 0.15) is 16.4 Å². The highest BCUT2D eigenvalue weighted by molar-refractivity contribution is 7.25. The lowest BCUT2D eigenvalue weighted by Gasteiger charge is -2.00. The molecular formula is C15H7N3OS. The van der Waals surface area contributed by atoms with Crippen molar-refractivity contribution in [2.24, 2.45) is 0 Å². The van der Waals surface area contributed by atoms with Crippen molar-refractivity contribution in [3.8, 4) is 6.07 Å². The maximum Gasteiger partial charge on any atom is 0.267 e. The molecule has 3 aromatic heterocycles. The Labute approximate surface area is 116 Å². The lowest BCUT2D eigenvalue weighted by molar-refractivity contribution is 1.25. The van der Waals surface area contributed by atoms with E-state index in [1.54, 1.807) is 6.07 Å². The standard InChI is InChI=1S/C15H7N3OS/c16-6-8-5-10-12-9-3-1-2-4-11(9)20-13(12)15(19)18-14(10)17-7-8/h1-5,7H,(H,17,18,19). The number of thiophene rings is 1. The molecule has 0 unspecified atom stereocenters. The summed E-state index contributed by atoms with van der Waals surface area (Å²) in [7, 11) is 0. The molecule has 0 fully saturated rings. The number of pyridine rings is 2. The lowest BCUT2D eigenvalue weighted by Crippen LogP contribution is -2.05. The number of hydrogen-bond acceptors (Lipinski definition) is 4. The highest BCUT2D eigenvalue weighted by atomic mass is 32.1. The molecule has 4 nitrogen and oxygen atoms in total. The van der Waals surface area contributed by atoms with E-state index in [-0.39, 0.29) is 5.56 Å². The van der Waals surface area contributed by atoms with Crippen LogP contribution in [0.1, 0.15) is 5.56 Å². The largest absolute Gasteiger partial charge is 0.305 e. The van der Waals surface area contributed by atoms with Crippen LogP contribution in [0, 0.1) is 11.3 Å². The zero-order valence-corrected chi connectivity index (χ0v) is 11.0. The van der Waals surface area contributed by atoms with Gasteiger partial charge >= 0.3 is 0 Å². The normalized spacial score (nSPS) is 11.2. The SMILES string of the molecule is N#Cc1cnc2[nH]c(=O)c3sc4ccccc4c3c2c1. The highest BCUT2D eigenvalue weighted by Crippen LogP contribution is 2.35. The molecule has 20 heavy (non-hydrogen) atoms. The first-order valence-electron chi connectivity index (χ1n) is 6.01. The van der Waals surface area contributed by atoms with E-state index in [2.05, 4.69) is 16.0 Å². The van der Waals surface area contributed by atoms with Crippen LogP contribution in [0.4, 0.5) is 0 Å². The van der Waals surface area contributed by atoms with Gasteiger partial charge in [0.25, 0.3) is 5.56 Å². The second kappa shape index (κ2) is 3.89. The van der Waals surface area contributed by atoms with Crippen molar-refractivity contribution in [3.05, 3.63) is 52.4 Å². The highest BCUT2D eigenvalue weighted by Gasteiger charge is 2.13. The van der Waals surface area contributed by atoms with Crippen LogP contribution in [0.2, 0.25) is 0 Å². The van der Waals surface area contributed by atoms with Gasteiger partial charge in [0.05, 0.1) is 5.56 Å². The van der Waals surface area contributed by atoms with E-state index in [1.165, 1.54) is 17.5 Å². The van der Waals surface area contributed by atoms with Crippen LogP contribution in [0.5, 0.6) is 0 Å². The van der Waals surface area contributed by atoms with E-state index >= 15 is 0 Å². The molecule has 0 aliphatic heterocycles. The van der Waals surface area contributed by atoms with Crippen LogP contribution in [0.15, 0.2) is 41.3 Å². The zero-order valence-electron chi connectivity index (χ0n) is 10.2. The Balaban J connectivity index is 2.38. The van der Waals surface area contributed by atoms with Crippen molar-refractivity contribution < 1.29 is 0 Å². The molecule has 0 atom stereocenters. The predicted molar refractivity (Wildman–Crippen MR) is 80.0 cm³/mol. The van der Waals surface area contributed by atoms with Gasteiger partial charge in [0.2, 0.25) is 0 Å². The van der Waals surface area contributed by atoms with Gasteiger partial charge in [0, 0.05) is 27.1 Å². The zero-order chi connectivity index (χ0) is 13.7. The first-order valence-corrected chi connectivity index (χ1v) is 6.83. The van der Waals surface area contributed by atoms with Crippen molar-refractivity contribution in [1.29, 1.82) is 5.26 Å². The molecule has 0 amide bonds. The van der Waals surface area contributed by atoms with E-state index in [4.69, 9.17) is 5.26 Å². The summed E-state index contributed by atoms with van der Waals surface area (Å²) in [6.07, 6.45) is 1.47. The minimum absolute atomic E-state index is 0.133. The van der Waals surface area contributed by atoms with Gasteiger partial charge in [-0.25, -0.2) is 4.98 Å². The third-order valence-corrected chi connectivity index (χ3v) is 4.49. The summed E-state index contributed by atoms with van der Waals surface area (Å²) in [4.78, 5) is 19.1. The number of nitriles is 1. The molecule has 0 spiro atoms. The molecule has 0 saturated carbocycles. The molecule has 1 aromatic carbocycles. The Morgan fingerprint density at radius 2 is 2.10 bits per heavy atom. The number of nitrogens with one attached hydrogen (secondary N) is 1. The van der Waals surface area contributed by atoms with Crippen molar-refractivity contribution in [2.45, 2.75) is 0 Å². The van der Waals surface area contributed by atoms with Gasteiger partial charge in [0.15, 0.2) is 0 Å². The van der Waals surface area contributed by atoms with E-state index in [0.29, 0.717) is 15.9 Å². The van der Waals surface area contributed by atoms with Crippen LogP contribution in [0.25, 0.3) is 31.2 Å². The van der Waals surface area contributed by atoms with Crippen LogP contribution < -0.4 is 5.56 Å². The van der Waals surface area contributed by atoms with Crippen molar-refractivity contribution in [3.63, 3.8) is 0 Å². The minimum Gasteiger partial charge on any atom is -0.305 e. The quantitative estimate of drug-likeness (QED) is 0.536. The van der Waals surface area contributed by atoms with Crippen LogP contribution in [-0.4, -0.2) is 9.97 Å². The number of aromatic amines is 1. The lowest BCUT2D eigenvalue weighted by atomic mass is 10.1. The molecule has 1 N–H and O–H groups in total. The number of benzene rings is 1. The molecule has 3 heterocycles. The predicted octanol–water partition coefficient (Wildman–Crippen LogP) is 3.16. The van der Waals surface area contributed by atoms with Crippen LogP contribution >= 0.6 is 11.3 Å². The maximum absolute atomic E-state index is 12.2. The maximum atomic E-state index is 12.2. The topological polar surface area (TPSA) is 69.5 Å². The summed E-state index contributed by atoms with van der Waals surface area (Å²) in [5, 5.41) is 11.8. The van der Waals surface area contributed by atoms with Gasteiger partial charge in [-0.05, 0) is 12.1 Å². The number of fused-ring (bicyclic) bond motifs is 5. The Morgan fingerprint density at radius 3 is 2.95 bits per heavy atom. The van der Waals surface area contributed by atoms with Gasteiger partial charge in [-0.2, -0.15) is 5.26 Å². The smallest absolute Gasteiger partial charge is 0.267 e. The average Bonchev–Trinajstić information content (AvgIpc) is 2.87. The molecule has 0 saturated heterocycles. The Kier molecular flexibility index (Phi) is 2.17. The molecule has 0 aliphatic rings. The first-order chi connectivity index (χ1) is 9.78. The third-order valence-electron chi connectivity index (χ3n) is 3.32. The summed E-state index contributed by atoms with van der Waals surface area (Å²) >= 11 is 1.46. The molecule has 0 bridgehead atoms. The monoisotopic (exact) mass is 277 g/mol. The van der Waals surface area contributed by atoms with Gasteiger partial charge in [-0.3, -0.25) is 4.79 Å². The van der Waals surface area contributed by atoms with E-state index in [9.17, 15) is 4.79 Å². The molecule has 0 radical (unpaired) electrons. The van der Waals surface area contributed by atoms with Gasteiger partial charge in [-0.15, -0.1) is 11.3 Å². The van der Waals surface area contributed by atoms with Crippen molar-refractivity contribution >= 4 is 42.5 Å². The Morgan fingerprint density at radius 1 is 1.25 bits per heavy atom. The van der Waals surface area contributed by atoms with E-state index in [0.717, 1.165) is 20.9 Å². The van der Waals surface area contributed by atoms with Crippen molar-refractivity contribution in [2.75, 3.05) is 0 Å². The number of hydrogen-bond donors (Lipinski definition) is 1. The summed E-state index contributed by atoms with van der Waals surface area (Å²) in [5.41, 5.74) is 0.872. The minimum atomic E-state index is -0.133. The first kappa shape index (κ1) is 11.1. The fourth-order valence-corrected chi connectivity index (χ4v) is 3.57. The average molecular weight is 277 g/mol. The van der Waals surface area contributed by atoms with Crippen LogP contribution in [0.3, 0.4) is 0 Å². The molecular weight excluding hydrogens is 270 g/mol. The molecule has 4 rings (SSSR count). The van der Waals surface area contributed by atoms with E-state index < -0.39 is 0 Å². The van der Waals surface area contributed by atoms with Gasteiger partial charge < -0.3 is 4.98 Å². The fraction of sp³-hybridized carbons (Fsp3) is 0. The third kappa shape index (κ3) is 1.40. The second-order valence-corrected chi connectivity index (χ2v) is 5.54. The molecule has 5 heteroatoms. The summed E-state index contributed by atoms with van der Waals surface area (Å²) < 4.78 is 1.73. The Hall–Kier alpha value is -2.71. The molecule has 0 aliphatic carbocycles. The number of H-pyrrole nitrogens is 1. The number of rotatable bonds is 0. The molecule has 94 valence electrons. The van der Waals surface area contributed by atoms with Crippen LogP contribution in [-0.2, 0) is 0 Å². The summed E-state index contributed by atoms with van der Waals surface area (Å²) in [6.45, 7) is 0. The van der Waals surface area contributed by atoms with Gasteiger partial charge in [-0.1, -0.05) is 18.2 Å². The fourth-order valence-electron chi connectivity index (χ4n) is 2.45. The number of aromatic nitrogens is 2. The summed E-state index contributed by atoms with van der Waals surface area (Å²) in [6, 6.07) is 11.7. The molecule has 4 aromatic rings. The van der Waals surface area contributed by atoms with Crippen molar-refractivity contribution in [1.82, 2.24) is 9.97 Å².